The van der Waals surface area contributed by atoms with Crippen molar-refractivity contribution < 1.29 is 19.1 Å². The van der Waals surface area contributed by atoms with Crippen LogP contribution in [0.15, 0.2) is 35.1 Å². The van der Waals surface area contributed by atoms with Crippen molar-refractivity contribution in [3.05, 3.63) is 41.3 Å². The van der Waals surface area contributed by atoms with Crippen LogP contribution in [0.3, 0.4) is 0 Å². The van der Waals surface area contributed by atoms with Gasteiger partial charge in [0.15, 0.2) is 5.13 Å². The van der Waals surface area contributed by atoms with Gasteiger partial charge in [0.1, 0.15) is 5.76 Å². The highest BCUT2D eigenvalue weighted by atomic mass is 32.1. The first-order valence-electron chi connectivity index (χ1n) is 5.82. The number of hydrogen-bond acceptors (Lipinski definition) is 5. The fraction of sp³-hybridized carbons (Fsp3) is 0.154. The highest BCUT2D eigenvalue weighted by Crippen LogP contribution is 2.19. The molecule has 2 aromatic rings. The second kappa shape index (κ2) is 6.67. The average molecular weight is 292 g/mol. The molecule has 0 spiro atoms. The number of amides is 1. The molecule has 2 heterocycles. The summed E-state index contributed by atoms with van der Waals surface area (Å²) >= 11 is 1.21. The Labute approximate surface area is 118 Å². The molecule has 2 aromatic heterocycles. The lowest BCUT2D eigenvalue weighted by Crippen LogP contribution is -2.11. The summed E-state index contributed by atoms with van der Waals surface area (Å²) in [6.07, 6.45) is 6.35. The summed E-state index contributed by atoms with van der Waals surface area (Å²) in [5, 5.41) is 11.6. The third kappa shape index (κ3) is 4.36. The molecule has 0 saturated carbocycles. The number of carboxylic acid groups (broad SMARTS) is 1. The van der Waals surface area contributed by atoms with Gasteiger partial charge in [-0.15, -0.1) is 0 Å². The Morgan fingerprint density at radius 1 is 1.50 bits per heavy atom. The number of aryl methyl sites for hydroxylation is 1. The summed E-state index contributed by atoms with van der Waals surface area (Å²) in [5.74, 6) is -0.434. The quantitative estimate of drug-likeness (QED) is 0.797. The molecule has 0 saturated heterocycles. The van der Waals surface area contributed by atoms with Gasteiger partial charge in [0.2, 0.25) is 5.91 Å². The first-order valence-corrected chi connectivity index (χ1v) is 6.64. The maximum atomic E-state index is 11.7. The number of aromatic nitrogens is 1. The molecule has 6 nitrogen and oxygen atoms in total. The van der Waals surface area contributed by atoms with E-state index in [1.165, 1.54) is 23.6 Å². The SMILES string of the molecule is O=C(O)C=Cc1cnc(NC(=O)CCc2ccco2)s1. The van der Waals surface area contributed by atoms with Crippen LogP contribution >= 0.6 is 11.3 Å². The van der Waals surface area contributed by atoms with Crippen LogP contribution in [0.2, 0.25) is 0 Å². The number of nitrogens with one attached hydrogen (secondary N) is 1. The van der Waals surface area contributed by atoms with E-state index in [1.807, 2.05) is 6.07 Å². The number of rotatable bonds is 6. The first kappa shape index (κ1) is 14.0. The first-order chi connectivity index (χ1) is 9.63. The van der Waals surface area contributed by atoms with Crippen molar-refractivity contribution in [1.29, 1.82) is 0 Å². The number of carbonyl (C=O) groups is 2. The fourth-order valence-corrected chi connectivity index (χ4v) is 2.18. The van der Waals surface area contributed by atoms with E-state index >= 15 is 0 Å². The molecule has 0 unspecified atom stereocenters. The molecule has 0 aliphatic heterocycles. The van der Waals surface area contributed by atoms with Crippen molar-refractivity contribution >= 4 is 34.4 Å². The largest absolute Gasteiger partial charge is 0.478 e. The Kier molecular flexibility index (Phi) is 4.67. The summed E-state index contributed by atoms with van der Waals surface area (Å²) in [6, 6.07) is 3.58. The van der Waals surface area contributed by atoms with Crippen molar-refractivity contribution in [2.24, 2.45) is 0 Å². The number of aliphatic carboxylic acids is 1. The van der Waals surface area contributed by atoms with Gasteiger partial charge >= 0.3 is 5.97 Å². The Balaban J connectivity index is 1.83. The van der Waals surface area contributed by atoms with Gasteiger partial charge in [0.05, 0.1) is 6.26 Å². The van der Waals surface area contributed by atoms with Crippen LogP contribution in [0, 0.1) is 0 Å². The molecule has 0 atom stereocenters. The zero-order chi connectivity index (χ0) is 14.4. The maximum absolute atomic E-state index is 11.7. The zero-order valence-electron chi connectivity index (χ0n) is 10.4. The molecule has 2 rings (SSSR count). The van der Waals surface area contributed by atoms with Crippen molar-refractivity contribution in [3.8, 4) is 0 Å². The topological polar surface area (TPSA) is 92.4 Å². The predicted molar refractivity (Wildman–Crippen MR) is 74.4 cm³/mol. The van der Waals surface area contributed by atoms with Crippen molar-refractivity contribution in [3.63, 3.8) is 0 Å². The van der Waals surface area contributed by atoms with Gasteiger partial charge < -0.3 is 14.8 Å². The molecule has 0 aromatic carbocycles. The number of carboxylic acids is 1. The Morgan fingerprint density at radius 3 is 3.05 bits per heavy atom. The van der Waals surface area contributed by atoms with Crippen LogP contribution in [-0.2, 0) is 16.0 Å². The molecule has 7 heteroatoms. The van der Waals surface area contributed by atoms with Crippen LogP contribution in [0.1, 0.15) is 17.1 Å². The van der Waals surface area contributed by atoms with Crippen molar-refractivity contribution in [2.75, 3.05) is 5.32 Å². The Morgan fingerprint density at radius 2 is 2.35 bits per heavy atom. The minimum atomic E-state index is -1.03. The highest BCUT2D eigenvalue weighted by Gasteiger charge is 2.07. The lowest BCUT2D eigenvalue weighted by atomic mass is 10.2. The van der Waals surface area contributed by atoms with E-state index in [-0.39, 0.29) is 5.91 Å². The van der Waals surface area contributed by atoms with Crippen LogP contribution in [0.25, 0.3) is 6.08 Å². The number of carbonyl (C=O) groups excluding carboxylic acids is 1. The van der Waals surface area contributed by atoms with Crippen LogP contribution in [0.5, 0.6) is 0 Å². The second-order valence-electron chi connectivity index (χ2n) is 3.87. The predicted octanol–water partition coefficient (Wildman–Crippen LogP) is 2.41. The molecule has 0 aliphatic carbocycles. The van der Waals surface area contributed by atoms with E-state index in [1.54, 1.807) is 12.3 Å². The van der Waals surface area contributed by atoms with E-state index in [4.69, 9.17) is 9.52 Å². The number of hydrogen-bond donors (Lipinski definition) is 2. The molecule has 1 amide bonds. The van der Waals surface area contributed by atoms with Gasteiger partial charge in [0, 0.05) is 30.0 Å². The third-order valence-corrected chi connectivity index (χ3v) is 3.22. The molecule has 104 valence electrons. The summed E-state index contributed by atoms with van der Waals surface area (Å²) in [4.78, 5) is 26.7. The van der Waals surface area contributed by atoms with Gasteiger partial charge in [0.25, 0.3) is 0 Å². The molecule has 0 radical (unpaired) electrons. The number of furan rings is 1. The number of nitrogens with zero attached hydrogens (tertiary/aromatic N) is 1. The van der Waals surface area contributed by atoms with Crippen molar-refractivity contribution in [2.45, 2.75) is 12.8 Å². The summed E-state index contributed by atoms with van der Waals surface area (Å²) in [6.45, 7) is 0. The van der Waals surface area contributed by atoms with Gasteiger partial charge in [-0.3, -0.25) is 4.79 Å². The molecule has 2 N–H and O–H groups in total. The van der Waals surface area contributed by atoms with E-state index in [0.717, 1.165) is 11.8 Å². The van der Waals surface area contributed by atoms with Gasteiger partial charge in [-0.05, 0) is 18.2 Å². The molecular weight excluding hydrogens is 280 g/mol. The highest BCUT2D eigenvalue weighted by molar-refractivity contribution is 7.16. The molecule has 20 heavy (non-hydrogen) atoms. The number of thiazole rings is 1. The van der Waals surface area contributed by atoms with E-state index < -0.39 is 5.97 Å². The Hall–Kier alpha value is -2.41. The Bertz CT molecular complexity index is 616. The molecule has 0 aliphatic rings. The second-order valence-corrected chi connectivity index (χ2v) is 4.93. The van der Waals surface area contributed by atoms with Gasteiger partial charge in [-0.1, -0.05) is 11.3 Å². The molecular formula is C13H12N2O4S. The summed E-state index contributed by atoms with van der Waals surface area (Å²) in [5.41, 5.74) is 0. The molecule has 0 fully saturated rings. The lowest BCUT2D eigenvalue weighted by Gasteiger charge is -1.99. The van der Waals surface area contributed by atoms with Gasteiger partial charge in [-0.2, -0.15) is 0 Å². The van der Waals surface area contributed by atoms with Gasteiger partial charge in [-0.25, -0.2) is 9.78 Å². The zero-order valence-corrected chi connectivity index (χ0v) is 11.2. The molecule has 0 bridgehead atoms. The normalized spacial score (nSPS) is 10.8. The third-order valence-electron chi connectivity index (χ3n) is 2.34. The van der Waals surface area contributed by atoms with Crippen LogP contribution in [0.4, 0.5) is 5.13 Å². The van der Waals surface area contributed by atoms with E-state index in [2.05, 4.69) is 10.3 Å². The van der Waals surface area contributed by atoms with Crippen LogP contribution < -0.4 is 5.32 Å². The lowest BCUT2D eigenvalue weighted by molar-refractivity contribution is -0.131. The fourth-order valence-electron chi connectivity index (χ4n) is 1.45. The van der Waals surface area contributed by atoms with E-state index in [9.17, 15) is 9.59 Å². The maximum Gasteiger partial charge on any atom is 0.328 e. The summed E-state index contributed by atoms with van der Waals surface area (Å²) in [7, 11) is 0. The van der Waals surface area contributed by atoms with Crippen molar-refractivity contribution in [1.82, 2.24) is 4.98 Å². The minimum Gasteiger partial charge on any atom is -0.478 e. The monoisotopic (exact) mass is 292 g/mol. The summed E-state index contributed by atoms with van der Waals surface area (Å²) < 4.78 is 5.13. The average Bonchev–Trinajstić information content (AvgIpc) is 3.05. The standard InChI is InChI=1S/C13H12N2O4S/c16-11(5-3-9-2-1-7-19-9)15-13-14-8-10(20-13)4-6-12(17)18/h1-2,4,6-8H,3,5H2,(H,17,18)(H,14,15,16). The van der Waals surface area contributed by atoms with Crippen LogP contribution in [-0.4, -0.2) is 22.0 Å². The smallest absolute Gasteiger partial charge is 0.328 e. The number of anilines is 1. The minimum absolute atomic E-state index is 0.162. The van der Waals surface area contributed by atoms with E-state index in [0.29, 0.717) is 22.9 Å².